The molecule has 126 valence electrons. The Morgan fingerprint density at radius 1 is 1.17 bits per heavy atom. The summed E-state index contributed by atoms with van der Waals surface area (Å²) in [4.78, 5) is 15.7. The summed E-state index contributed by atoms with van der Waals surface area (Å²) in [5.41, 5.74) is 2.83. The molecular weight excluding hydrogens is 322 g/mol. The Morgan fingerprint density at radius 3 is 2.58 bits per heavy atom. The molecule has 0 aliphatic heterocycles. The predicted molar refractivity (Wildman–Crippen MR) is 97.8 cm³/mol. The highest BCUT2D eigenvalue weighted by Crippen LogP contribution is 2.15. The zero-order chi connectivity index (χ0) is 17.1. The molecule has 0 unspecified atom stereocenters. The SMILES string of the molecule is C[C@H](NCCn1c(=O)[nH]c2ccccc21)c1ccc([S@](C)=O)cc1. The number of nitrogens with one attached hydrogen (secondary N) is 2. The molecular formula is C18H21N3O2S. The number of aromatic amines is 1. The third-order valence-electron chi connectivity index (χ3n) is 4.18. The Morgan fingerprint density at radius 2 is 1.88 bits per heavy atom. The lowest BCUT2D eigenvalue weighted by Gasteiger charge is -2.15. The van der Waals surface area contributed by atoms with Crippen LogP contribution in [0.15, 0.2) is 58.2 Å². The van der Waals surface area contributed by atoms with Crippen LogP contribution in [0.5, 0.6) is 0 Å². The van der Waals surface area contributed by atoms with Gasteiger partial charge in [-0.25, -0.2) is 4.79 Å². The molecule has 0 fully saturated rings. The summed E-state index contributed by atoms with van der Waals surface area (Å²) in [5, 5.41) is 3.43. The molecule has 3 rings (SSSR count). The van der Waals surface area contributed by atoms with Crippen molar-refractivity contribution in [3.63, 3.8) is 0 Å². The Kier molecular flexibility index (Phi) is 4.97. The van der Waals surface area contributed by atoms with Crippen molar-refractivity contribution in [2.24, 2.45) is 0 Å². The average molecular weight is 343 g/mol. The van der Waals surface area contributed by atoms with Gasteiger partial charge in [0.2, 0.25) is 0 Å². The monoisotopic (exact) mass is 343 g/mol. The fourth-order valence-corrected chi connectivity index (χ4v) is 3.31. The summed E-state index contributed by atoms with van der Waals surface area (Å²) < 4.78 is 13.2. The molecule has 2 N–H and O–H groups in total. The molecule has 1 heterocycles. The minimum atomic E-state index is -0.954. The second-order valence-corrected chi connectivity index (χ2v) is 7.18. The van der Waals surface area contributed by atoms with Gasteiger partial charge in [0.1, 0.15) is 0 Å². The topological polar surface area (TPSA) is 66.9 Å². The molecule has 0 spiro atoms. The molecule has 5 nitrogen and oxygen atoms in total. The van der Waals surface area contributed by atoms with Crippen molar-refractivity contribution >= 4 is 21.8 Å². The van der Waals surface area contributed by atoms with Crippen LogP contribution in [0, 0.1) is 0 Å². The number of hydrogen-bond donors (Lipinski definition) is 2. The zero-order valence-electron chi connectivity index (χ0n) is 13.8. The van der Waals surface area contributed by atoms with Crippen LogP contribution in [-0.2, 0) is 17.3 Å². The number of imidazole rings is 1. The summed E-state index contributed by atoms with van der Waals surface area (Å²) in [6.45, 7) is 3.37. The highest BCUT2D eigenvalue weighted by atomic mass is 32.2. The number of aromatic nitrogens is 2. The fourth-order valence-electron chi connectivity index (χ4n) is 2.79. The minimum absolute atomic E-state index is 0.0829. The maximum Gasteiger partial charge on any atom is 0.326 e. The third-order valence-corrected chi connectivity index (χ3v) is 5.12. The van der Waals surface area contributed by atoms with E-state index in [0.717, 1.165) is 21.5 Å². The van der Waals surface area contributed by atoms with E-state index in [-0.39, 0.29) is 11.7 Å². The Hall–Kier alpha value is -2.18. The van der Waals surface area contributed by atoms with Crippen molar-refractivity contribution in [2.45, 2.75) is 24.4 Å². The summed E-state index contributed by atoms with van der Waals surface area (Å²) in [6, 6.07) is 15.6. The van der Waals surface area contributed by atoms with E-state index in [1.54, 1.807) is 10.8 Å². The van der Waals surface area contributed by atoms with Gasteiger partial charge in [0.25, 0.3) is 0 Å². The van der Waals surface area contributed by atoms with Gasteiger partial charge in [0.15, 0.2) is 0 Å². The van der Waals surface area contributed by atoms with Gasteiger partial charge in [-0.2, -0.15) is 0 Å². The number of hydrogen-bond acceptors (Lipinski definition) is 3. The van der Waals surface area contributed by atoms with Crippen LogP contribution in [0.4, 0.5) is 0 Å². The molecule has 1 aromatic heterocycles. The molecule has 0 saturated heterocycles. The van der Waals surface area contributed by atoms with E-state index < -0.39 is 10.8 Å². The van der Waals surface area contributed by atoms with Crippen LogP contribution < -0.4 is 11.0 Å². The maximum absolute atomic E-state index is 12.0. The van der Waals surface area contributed by atoms with Crippen LogP contribution in [0.3, 0.4) is 0 Å². The largest absolute Gasteiger partial charge is 0.326 e. The maximum atomic E-state index is 12.0. The van der Waals surface area contributed by atoms with Gasteiger partial charge in [0, 0.05) is 41.1 Å². The van der Waals surface area contributed by atoms with Gasteiger partial charge in [-0.3, -0.25) is 8.78 Å². The molecule has 2 atom stereocenters. The number of rotatable bonds is 6. The van der Waals surface area contributed by atoms with Gasteiger partial charge in [-0.05, 0) is 36.8 Å². The molecule has 0 amide bonds. The lowest BCUT2D eigenvalue weighted by atomic mass is 10.1. The average Bonchev–Trinajstić information content (AvgIpc) is 2.90. The number of fused-ring (bicyclic) bond motifs is 1. The second-order valence-electron chi connectivity index (χ2n) is 5.80. The van der Waals surface area contributed by atoms with Gasteiger partial charge in [-0.1, -0.05) is 24.3 Å². The molecule has 0 aliphatic rings. The molecule has 3 aromatic rings. The van der Waals surface area contributed by atoms with Crippen molar-refractivity contribution < 1.29 is 4.21 Å². The van der Waals surface area contributed by atoms with E-state index in [4.69, 9.17) is 0 Å². The Labute approximate surface area is 143 Å². The predicted octanol–water partition coefficient (Wildman–Crippen LogP) is 2.42. The molecule has 0 aliphatic carbocycles. The molecule has 0 bridgehead atoms. The number of para-hydroxylation sites is 2. The second kappa shape index (κ2) is 7.15. The highest BCUT2D eigenvalue weighted by Gasteiger charge is 2.08. The summed E-state index contributed by atoms with van der Waals surface area (Å²) in [7, 11) is -0.954. The number of nitrogens with zero attached hydrogens (tertiary/aromatic N) is 1. The highest BCUT2D eigenvalue weighted by molar-refractivity contribution is 7.84. The van der Waals surface area contributed by atoms with Crippen molar-refractivity contribution in [2.75, 3.05) is 12.8 Å². The van der Waals surface area contributed by atoms with E-state index >= 15 is 0 Å². The number of H-pyrrole nitrogens is 1. The summed E-state index contributed by atoms with van der Waals surface area (Å²) in [5.74, 6) is 0. The Balaban J connectivity index is 1.64. The van der Waals surface area contributed by atoms with Crippen molar-refractivity contribution in [3.05, 3.63) is 64.6 Å². The van der Waals surface area contributed by atoms with Crippen LogP contribution in [0.1, 0.15) is 18.5 Å². The van der Waals surface area contributed by atoms with E-state index in [2.05, 4.69) is 17.2 Å². The standard InChI is InChI=1S/C18H21N3O2S/c1-13(14-7-9-15(10-8-14)24(2)23)19-11-12-21-17-6-4-3-5-16(17)20-18(21)22/h3-10,13,19H,11-12H2,1-2H3,(H,20,22)/t13-,24-/m0/s1. The van der Waals surface area contributed by atoms with Crippen molar-refractivity contribution in [1.29, 1.82) is 0 Å². The lowest BCUT2D eigenvalue weighted by Crippen LogP contribution is -2.27. The number of benzene rings is 2. The minimum Gasteiger partial charge on any atom is -0.308 e. The Bertz CT molecular complexity index is 912. The summed E-state index contributed by atoms with van der Waals surface area (Å²) in [6.07, 6.45) is 1.68. The van der Waals surface area contributed by atoms with E-state index in [1.165, 1.54) is 0 Å². The van der Waals surface area contributed by atoms with Gasteiger partial charge >= 0.3 is 5.69 Å². The first-order valence-electron chi connectivity index (χ1n) is 7.90. The van der Waals surface area contributed by atoms with E-state index in [0.29, 0.717) is 13.1 Å². The van der Waals surface area contributed by atoms with E-state index in [1.807, 2.05) is 48.5 Å². The van der Waals surface area contributed by atoms with Crippen LogP contribution in [-0.4, -0.2) is 26.6 Å². The van der Waals surface area contributed by atoms with Gasteiger partial charge < -0.3 is 10.3 Å². The molecule has 0 saturated carbocycles. The lowest BCUT2D eigenvalue weighted by molar-refractivity contribution is 0.530. The smallest absolute Gasteiger partial charge is 0.308 e. The van der Waals surface area contributed by atoms with Crippen molar-refractivity contribution in [1.82, 2.24) is 14.9 Å². The van der Waals surface area contributed by atoms with Gasteiger partial charge in [-0.15, -0.1) is 0 Å². The third kappa shape index (κ3) is 3.49. The quantitative estimate of drug-likeness (QED) is 0.722. The van der Waals surface area contributed by atoms with Crippen LogP contribution in [0.2, 0.25) is 0 Å². The van der Waals surface area contributed by atoms with E-state index in [9.17, 15) is 9.00 Å². The van der Waals surface area contributed by atoms with Crippen molar-refractivity contribution in [3.8, 4) is 0 Å². The first kappa shape index (κ1) is 16.7. The molecule has 2 aromatic carbocycles. The van der Waals surface area contributed by atoms with Crippen LogP contribution >= 0.6 is 0 Å². The van der Waals surface area contributed by atoms with Crippen LogP contribution in [0.25, 0.3) is 11.0 Å². The first-order valence-corrected chi connectivity index (χ1v) is 9.46. The molecule has 24 heavy (non-hydrogen) atoms. The first-order chi connectivity index (χ1) is 11.6. The normalized spacial score (nSPS) is 13.9. The fraction of sp³-hybridized carbons (Fsp3) is 0.278. The molecule has 6 heteroatoms. The zero-order valence-corrected chi connectivity index (χ0v) is 14.6. The van der Waals surface area contributed by atoms with Gasteiger partial charge in [0.05, 0.1) is 11.0 Å². The molecule has 0 radical (unpaired) electrons. The summed E-state index contributed by atoms with van der Waals surface area (Å²) >= 11 is 0.